The van der Waals surface area contributed by atoms with Crippen molar-refractivity contribution in [1.82, 2.24) is 4.57 Å². The zero-order valence-corrected chi connectivity index (χ0v) is 16.9. The monoisotopic (exact) mass is 451 g/mol. The quantitative estimate of drug-likeness (QED) is 0.616. The van der Waals surface area contributed by atoms with Gasteiger partial charge in [-0.3, -0.25) is 14.4 Å². The maximum atomic E-state index is 13.0. The van der Waals surface area contributed by atoms with E-state index in [0.717, 1.165) is 12.1 Å². The van der Waals surface area contributed by atoms with Gasteiger partial charge in [-0.2, -0.15) is 13.2 Å². The van der Waals surface area contributed by atoms with Gasteiger partial charge in [-0.05, 0) is 42.8 Å². The number of nitrogens with two attached hydrogens (primary N) is 1. The molecule has 3 N–H and O–H groups in total. The van der Waals surface area contributed by atoms with E-state index < -0.39 is 40.2 Å². The van der Waals surface area contributed by atoms with Gasteiger partial charge in [0.15, 0.2) is 0 Å². The molecule has 2 aromatic carbocycles. The third kappa shape index (κ3) is 4.72. The van der Waals surface area contributed by atoms with E-state index in [1.165, 1.54) is 29.8 Å². The molecule has 0 saturated carbocycles. The summed E-state index contributed by atoms with van der Waals surface area (Å²) in [5.41, 5.74) is 4.22. The first-order valence-electron chi connectivity index (χ1n) is 9.07. The molecule has 0 aliphatic rings. The molecule has 0 bridgehead atoms. The van der Waals surface area contributed by atoms with Crippen molar-refractivity contribution in [1.29, 1.82) is 0 Å². The fourth-order valence-electron chi connectivity index (χ4n) is 3.12. The molecule has 1 heterocycles. The molecule has 6 nitrogen and oxygen atoms in total. The number of nitrogens with one attached hydrogen (secondary N) is 1. The van der Waals surface area contributed by atoms with E-state index in [2.05, 4.69) is 5.32 Å². The number of amides is 2. The number of rotatable bonds is 5. The lowest BCUT2D eigenvalue weighted by molar-refractivity contribution is -0.137. The number of benzene rings is 2. The second kappa shape index (κ2) is 8.43. The van der Waals surface area contributed by atoms with E-state index in [1.807, 2.05) is 0 Å². The molecular formula is C21H17ClF3N3O3. The zero-order valence-electron chi connectivity index (χ0n) is 16.2. The number of carbonyl (C=O) groups excluding carboxylic acids is 2. The summed E-state index contributed by atoms with van der Waals surface area (Å²) in [6, 6.07) is 8.59. The standard InChI is InChI=1S/C21H17ClF3N3O3/c1-11(19(26)30)28-8-7-13-14(20(28)31)3-2-4-17(13)27-18(29)10-12-5-6-16(22)15(9-12)21(23,24)25/h2-9,11H,10H2,1H3,(H2,26,30)(H,27,29). The lowest BCUT2D eigenvalue weighted by Crippen LogP contribution is -2.31. The van der Waals surface area contributed by atoms with Crippen LogP contribution in [0.25, 0.3) is 10.8 Å². The summed E-state index contributed by atoms with van der Waals surface area (Å²) in [5, 5.41) is 2.83. The van der Waals surface area contributed by atoms with E-state index in [9.17, 15) is 27.6 Å². The van der Waals surface area contributed by atoms with Crippen LogP contribution in [0.5, 0.6) is 0 Å². The van der Waals surface area contributed by atoms with Crippen molar-refractivity contribution in [3.05, 3.63) is 75.2 Å². The van der Waals surface area contributed by atoms with Crippen LogP contribution < -0.4 is 16.6 Å². The third-order valence-corrected chi connectivity index (χ3v) is 5.11. The first kappa shape index (κ1) is 22.4. The van der Waals surface area contributed by atoms with Gasteiger partial charge in [-0.1, -0.05) is 23.7 Å². The lowest BCUT2D eigenvalue weighted by atomic mass is 10.1. The van der Waals surface area contributed by atoms with Gasteiger partial charge in [0.1, 0.15) is 6.04 Å². The Hall–Kier alpha value is -3.33. The highest BCUT2D eigenvalue weighted by atomic mass is 35.5. The van der Waals surface area contributed by atoms with Crippen molar-refractivity contribution >= 4 is 39.9 Å². The number of aromatic nitrogens is 1. The van der Waals surface area contributed by atoms with Crippen molar-refractivity contribution in [3.8, 4) is 0 Å². The van der Waals surface area contributed by atoms with Gasteiger partial charge in [-0.15, -0.1) is 0 Å². The van der Waals surface area contributed by atoms with Crippen LogP contribution in [0.3, 0.4) is 0 Å². The lowest BCUT2D eigenvalue weighted by Gasteiger charge is -2.14. The number of pyridine rings is 1. The molecule has 162 valence electrons. The summed E-state index contributed by atoms with van der Waals surface area (Å²) in [7, 11) is 0. The van der Waals surface area contributed by atoms with Crippen LogP contribution in [0.4, 0.5) is 18.9 Å². The highest BCUT2D eigenvalue weighted by Crippen LogP contribution is 2.35. The average Bonchev–Trinajstić information content (AvgIpc) is 2.69. The molecular weight excluding hydrogens is 435 g/mol. The SMILES string of the molecule is CC(C(N)=O)n1ccc2c(NC(=O)Cc3ccc(Cl)c(C(F)(F)F)c3)cccc2c1=O. The van der Waals surface area contributed by atoms with E-state index in [-0.39, 0.29) is 17.4 Å². The van der Waals surface area contributed by atoms with E-state index in [0.29, 0.717) is 11.1 Å². The third-order valence-electron chi connectivity index (χ3n) is 4.78. The minimum Gasteiger partial charge on any atom is -0.368 e. The Kier molecular flexibility index (Phi) is 6.08. The second-order valence-corrected chi connectivity index (χ2v) is 7.32. The van der Waals surface area contributed by atoms with Gasteiger partial charge in [0.2, 0.25) is 11.8 Å². The topological polar surface area (TPSA) is 94.2 Å². The number of carbonyl (C=O) groups is 2. The molecule has 31 heavy (non-hydrogen) atoms. The minimum absolute atomic E-state index is 0.132. The summed E-state index contributed by atoms with van der Waals surface area (Å²) < 4.78 is 40.2. The number of hydrogen-bond donors (Lipinski definition) is 2. The molecule has 1 unspecified atom stereocenters. The van der Waals surface area contributed by atoms with Crippen LogP contribution in [0, 0.1) is 0 Å². The molecule has 0 aliphatic carbocycles. The molecule has 10 heteroatoms. The van der Waals surface area contributed by atoms with Crippen molar-refractivity contribution in [2.75, 3.05) is 5.32 Å². The first-order valence-corrected chi connectivity index (χ1v) is 9.45. The number of hydrogen-bond acceptors (Lipinski definition) is 3. The van der Waals surface area contributed by atoms with E-state index >= 15 is 0 Å². The summed E-state index contributed by atoms with van der Waals surface area (Å²) in [4.78, 5) is 36.5. The van der Waals surface area contributed by atoms with E-state index in [4.69, 9.17) is 17.3 Å². The van der Waals surface area contributed by atoms with Crippen molar-refractivity contribution in [2.45, 2.75) is 25.6 Å². The highest BCUT2D eigenvalue weighted by molar-refractivity contribution is 6.31. The number of fused-ring (bicyclic) bond motifs is 1. The molecule has 0 fully saturated rings. The van der Waals surface area contributed by atoms with Crippen LogP contribution in [-0.2, 0) is 22.2 Å². The van der Waals surface area contributed by atoms with E-state index in [1.54, 1.807) is 18.2 Å². The average molecular weight is 452 g/mol. The van der Waals surface area contributed by atoms with Gasteiger partial charge < -0.3 is 15.6 Å². The molecule has 0 aliphatic heterocycles. The van der Waals surface area contributed by atoms with Crippen LogP contribution in [0.15, 0.2) is 53.5 Å². The Morgan fingerprint density at radius 2 is 1.87 bits per heavy atom. The Morgan fingerprint density at radius 1 is 1.16 bits per heavy atom. The fraction of sp³-hybridized carbons (Fsp3) is 0.190. The van der Waals surface area contributed by atoms with Crippen molar-refractivity contribution < 1.29 is 22.8 Å². The summed E-state index contributed by atoms with van der Waals surface area (Å²) in [5.74, 6) is -1.25. The van der Waals surface area contributed by atoms with Crippen molar-refractivity contribution in [2.24, 2.45) is 5.73 Å². The Morgan fingerprint density at radius 3 is 2.52 bits per heavy atom. The maximum Gasteiger partial charge on any atom is 0.417 e. The van der Waals surface area contributed by atoms with Crippen LogP contribution >= 0.6 is 11.6 Å². The van der Waals surface area contributed by atoms with Gasteiger partial charge in [0.25, 0.3) is 5.56 Å². The van der Waals surface area contributed by atoms with Gasteiger partial charge in [0, 0.05) is 22.7 Å². The largest absolute Gasteiger partial charge is 0.417 e. The predicted molar refractivity (Wildman–Crippen MR) is 111 cm³/mol. The first-order chi connectivity index (χ1) is 14.5. The molecule has 3 rings (SSSR count). The molecule has 1 aromatic heterocycles. The summed E-state index contributed by atoms with van der Waals surface area (Å²) >= 11 is 5.60. The van der Waals surface area contributed by atoms with Crippen LogP contribution in [0.2, 0.25) is 5.02 Å². The predicted octanol–water partition coefficient (Wildman–Crippen LogP) is 3.90. The zero-order chi connectivity index (χ0) is 22.9. The molecule has 0 spiro atoms. The van der Waals surface area contributed by atoms with Crippen molar-refractivity contribution in [3.63, 3.8) is 0 Å². The second-order valence-electron chi connectivity index (χ2n) is 6.91. The minimum atomic E-state index is -4.64. The number of nitrogens with zero attached hydrogens (tertiary/aromatic N) is 1. The Bertz CT molecular complexity index is 1240. The van der Waals surface area contributed by atoms with Gasteiger partial charge in [0.05, 0.1) is 17.0 Å². The highest BCUT2D eigenvalue weighted by Gasteiger charge is 2.33. The van der Waals surface area contributed by atoms with Crippen LogP contribution in [0.1, 0.15) is 24.1 Å². The number of alkyl halides is 3. The van der Waals surface area contributed by atoms with Crippen LogP contribution in [-0.4, -0.2) is 16.4 Å². The summed E-state index contributed by atoms with van der Waals surface area (Å²) in [6.45, 7) is 1.49. The molecule has 1 atom stereocenters. The smallest absolute Gasteiger partial charge is 0.368 e. The summed E-state index contributed by atoms with van der Waals surface area (Å²) in [6.07, 6.45) is -3.57. The molecule has 0 radical (unpaired) electrons. The number of primary amides is 1. The fourth-order valence-corrected chi connectivity index (χ4v) is 3.35. The molecule has 0 saturated heterocycles. The normalized spacial score (nSPS) is 12.5. The Labute approximate surface area is 179 Å². The van der Waals surface area contributed by atoms with Gasteiger partial charge in [-0.25, -0.2) is 0 Å². The molecule has 3 aromatic rings. The Balaban J connectivity index is 1.89. The maximum absolute atomic E-state index is 13.0. The van der Waals surface area contributed by atoms with Gasteiger partial charge >= 0.3 is 6.18 Å². The number of anilines is 1. The number of halogens is 4. The molecule has 2 amide bonds.